The number of pyridine rings is 1. The summed E-state index contributed by atoms with van der Waals surface area (Å²) >= 11 is 0. The van der Waals surface area contributed by atoms with Gasteiger partial charge in [0.25, 0.3) is 5.91 Å². The molecule has 3 saturated heterocycles. The second-order valence-electron chi connectivity index (χ2n) is 18.3. The van der Waals surface area contributed by atoms with Gasteiger partial charge in [-0.3, -0.25) is 14.5 Å². The van der Waals surface area contributed by atoms with Crippen LogP contribution in [0.1, 0.15) is 109 Å². The summed E-state index contributed by atoms with van der Waals surface area (Å²) in [7, 11) is 0. The summed E-state index contributed by atoms with van der Waals surface area (Å²) in [6.07, 6.45) is 7.94. The molecule has 354 valence electrons. The Hall–Kier alpha value is -6.22. The Morgan fingerprint density at radius 1 is 0.821 bits per heavy atom. The van der Waals surface area contributed by atoms with Gasteiger partial charge in [-0.15, -0.1) is 0 Å². The third-order valence-electron chi connectivity index (χ3n) is 13.5. The minimum atomic E-state index is -0.870. The SMILES string of the molecule is O=C(NC(c1ccccc1)c1cccc(OCc2ccc(C(=O)NC(CC3CCCCC3)C(=O)OCCCCNCC(O)c3ccc(O)c4[nH]c(=O)ccc34)cc2)c1)O[C@H]1CN2CCC1CC2. The summed E-state index contributed by atoms with van der Waals surface area (Å²) < 4.78 is 17.9. The van der Waals surface area contributed by atoms with Gasteiger partial charge < -0.3 is 45.4 Å². The maximum Gasteiger partial charge on any atom is 0.408 e. The van der Waals surface area contributed by atoms with Crippen LogP contribution in [0.5, 0.6) is 11.5 Å². The van der Waals surface area contributed by atoms with E-state index in [2.05, 4.69) is 25.8 Å². The molecule has 14 heteroatoms. The van der Waals surface area contributed by atoms with Crippen molar-refractivity contribution in [2.45, 2.75) is 95.1 Å². The Kier molecular flexibility index (Phi) is 16.2. The standard InChI is InChI=1S/C53H63N5O9/c59-45-22-20-42(43-21-23-48(61)56-50(43)45)46(60)32-54-26-7-8-29-65-52(63)44(30-35-10-3-1-4-11-35)55-51(62)39-18-16-36(17-19-39)34-66-41-15-9-14-40(31-41)49(38-12-5-2-6-13-38)57-53(64)67-47-33-58-27-24-37(47)25-28-58/h2,5-6,9,12-23,31,35,37,44,46-47,49,54,59-60H,1,3-4,7-8,10-11,24-30,32-34H2,(H,55,62)(H,56,61)(H,57,64)/t44?,46?,47-,49?/m0/s1. The summed E-state index contributed by atoms with van der Waals surface area (Å²) in [5, 5.41) is 30.9. The molecule has 0 radical (unpaired) electrons. The van der Waals surface area contributed by atoms with E-state index in [1.807, 2.05) is 66.7 Å². The van der Waals surface area contributed by atoms with E-state index in [1.165, 1.54) is 18.6 Å². The van der Waals surface area contributed by atoms with E-state index in [0.29, 0.717) is 59.9 Å². The fourth-order valence-electron chi connectivity index (χ4n) is 9.78. The van der Waals surface area contributed by atoms with E-state index < -0.39 is 30.3 Å². The highest BCUT2D eigenvalue weighted by atomic mass is 16.6. The smallest absolute Gasteiger partial charge is 0.408 e. The van der Waals surface area contributed by atoms with Crippen molar-refractivity contribution >= 4 is 28.9 Å². The molecule has 4 heterocycles. The number of phenolic OH excluding ortho intramolecular Hbond substituents is 1. The number of unbranched alkanes of at least 4 members (excludes halogenated alkanes) is 1. The van der Waals surface area contributed by atoms with Crippen molar-refractivity contribution < 1.29 is 38.8 Å². The number of aliphatic hydroxyl groups excluding tert-OH is 1. The van der Waals surface area contributed by atoms with Gasteiger partial charge in [-0.25, -0.2) is 9.59 Å². The molecule has 2 amide bonds. The van der Waals surface area contributed by atoms with Gasteiger partial charge in [0, 0.05) is 30.1 Å². The Labute approximate surface area is 391 Å². The number of alkyl carbamates (subject to hydrolysis) is 1. The largest absolute Gasteiger partial charge is 0.506 e. The van der Waals surface area contributed by atoms with Crippen molar-refractivity contribution in [2.75, 3.05) is 39.3 Å². The van der Waals surface area contributed by atoms with Gasteiger partial charge in [0.05, 0.1) is 24.3 Å². The molecule has 2 bridgehead atoms. The minimum Gasteiger partial charge on any atom is -0.506 e. The summed E-state index contributed by atoms with van der Waals surface area (Å²) in [4.78, 5) is 57.1. The molecule has 1 aliphatic carbocycles. The number of nitrogens with zero attached hydrogens (tertiary/aromatic N) is 1. The lowest BCUT2D eigenvalue weighted by Crippen LogP contribution is -2.52. The van der Waals surface area contributed by atoms with Crippen LogP contribution >= 0.6 is 0 Å². The lowest BCUT2D eigenvalue weighted by molar-refractivity contribution is -0.146. The van der Waals surface area contributed by atoms with Crippen LogP contribution in [0.2, 0.25) is 0 Å². The molecule has 4 aromatic carbocycles. The number of ether oxygens (including phenoxy) is 3. The van der Waals surface area contributed by atoms with Crippen LogP contribution in [0.3, 0.4) is 0 Å². The van der Waals surface area contributed by atoms with Crippen molar-refractivity contribution in [3.8, 4) is 11.5 Å². The Morgan fingerprint density at radius 3 is 2.36 bits per heavy atom. The van der Waals surface area contributed by atoms with Gasteiger partial charge in [-0.05, 0) is 122 Å². The molecular formula is C53H63N5O9. The number of aromatic hydroxyl groups is 1. The Bertz CT molecular complexity index is 2480. The number of hydrogen-bond donors (Lipinski definition) is 6. The van der Waals surface area contributed by atoms with E-state index >= 15 is 0 Å². The third kappa shape index (κ3) is 12.8. The fourth-order valence-corrected chi connectivity index (χ4v) is 9.78. The molecular weight excluding hydrogens is 851 g/mol. The summed E-state index contributed by atoms with van der Waals surface area (Å²) in [5.41, 5.74) is 3.59. The number of aromatic amines is 1. The number of carbonyl (C=O) groups excluding carboxylic acids is 3. The molecule has 0 spiro atoms. The van der Waals surface area contributed by atoms with Crippen molar-refractivity contribution in [1.82, 2.24) is 25.8 Å². The molecule has 67 heavy (non-hydrogen) atoms. The van der Waals surface area contributed by atoms with E-state index in [0.717, 1.165) is 74.8 Å². The van der Waals surface area contributed by atoms with Gasteiger partial charge in [-0.2, -0.15) is 0 Å². The first-order chi connectivity index (χ1) is 32.7. The Morgan fingerprint density at radius 2 is 1.60 bits per heavy atom. The lowest BCUT2D eigenvalue weighted by Gasteiger charge is -2.43. The van der Waals surface area contributed by atoms with Crippen molar-refractivity contribution in [1.29, 1.82) is 0 Å². The number of hydrogen-bond acceptors (Lipinski definition) is 11. The highest BCUT2D eigenvalue weighted by Crippen LogP contribution is 2.32. The molecule has 3 aliphatic heterocycles. The zero-order valence-corrected chi connectivity index (χ0v) is 38.0. The number of aromatic nitrogens is 1. The predicted octanol–water partition coefficient (Wildman–Crippen LogP) is 7.44. The first kappa shape index (κ1) is 47.3. The third-order valence-corrected chi connectivity index (χ3v) is 13.5. The van der Waals surface area contributed by atoms with Crippen molar-refractivity contribution in [2.24, 2.45) is 11.8 Å². The van der Waals surface area contributed by atoms with Gasteiger partial charge in [-0.1, -0.05) is 92.8 Å². The topological polar surface area (TPSA) is 192 Å². The highest BCUT2D eigenvalue weighted by Gasteiger charge is 2.37. The molecule has 1 aromatic heterocycles. The van der Waals surface area contributed by atoms with Gasteiger partial charge in [0.2, 0.25) is 5.56 Å². The van der Waals surface area contributed by atoms with Crippen LogP contribution in [0.4, 0.5) is 4.79 Å². The van der Waals surface area contributed by atoms with E-state index in [9.17, 15) is 29.4 Å². The van der Waals surface area contributed by atoms with Crippen LogP contribution < -0.4 is 26.2 Å². The first-order valence-corrected chi connectivity index (χ1v) is 23.9. The average molecular weight is 914 g/mol. The summed E-state index contributed by atoms with van der Waals surface area (Å²) in [6, 6.07) is 29.5. The number of aliphatic hydroxyl groups is 1. The second kappa shape index (κ2) is 23.0. The monoisotopic (exact) mass is 913 g/mol. The molecule has 9 rings (SSSR count). The van der Waals surface area contributed by atoms with Crippen LogP contribution in [-0.2, 0) is 20.9 Å². The fraction of sp³-hybridized carbons (Fsp3) is 0.434. The first-order valence-electron chi connectivity index (χ1n) is 23.9. The number of fused-ring (bicyclic) bond motifs is 4. The highest BCUT2D eigenvalue weighted by molar-refractivity contribution is 5.96. The van der Waals surface area contributed by atoms with E-state index in [-0.39, 0.29) is 48.6 Å². The number of benzene rings is 4. The maximum atomic E-state index is 13.6. The Balaban J connectivity index is 0.809. The number of carbonyl (C=O) groups is 3. The van der Waals surface area contributed by atoms with Crippen molar-refractivity contribution in [3.05, 3.63) is 141 Å². The minimum absolute atomic E-state index is 0.0640. The average Bonchev–Trinajstić information content (AvgIpc) is 3.35. The summed E-state index contributed by atoms with van der Waals surface area (Å²) in [6.45, 7) is 4.20. The maximum absolute atomic E-state index is 13.6. The van der Waals surface area contributed by atoms with E-state index in [4.69, 9.17) is 14.2 Å². The lowest BCUT2D eigenvalue weighted by atomic mass is 9.84. The number of piperidine rings is 3. The van der Waals surface area contributed by atoms with Crippen molar-refractivity contribution in [3.63, 3.8) is 0 Å². The molecule has 6 N–H and O–H groups in total. The number of rotatable bonds is 20. The zero-order chi connectivity index (χ0) is 46.5. The van der Waals surface area contributed by atoms with Gasteiger partial charge >= 0.3 is 12.1 Å². The van der Waals surface area contributed by atoms with Crippen LogP contribution in [-0.4, -0.2) is 89.5 Å². The molecule has 1 saturated carbocycles. The normalized spacial score (nSPS) is 19.5. The number of phenols is 1. The quantitative estimate of drug-likeness (QED) is 0.0336. The summed E-state index contributed by atoms with van der Waals surface area (Å²) in [5.74, 6) is 0.512. The zero-order valence-electron chi connectivity index (χ0n) is 38.0. The predicted molar refractivity (Wildman–Crippen MR) is 255 cm³/mol. The van der Waals surface area contributed by atoms with E-state index in [1.54, 1.807) is 24.3 Å². The number of amides is 2. The second-order valence-corrected chi connectivity index (χ2v) is 18.3. The van der Waals surface area contributed by atoms with Crippen LogP contribution in [0.15, 0.2) is 108 Å². The van der Waals surface area contributed by atoms with Crippen LogP contribution in [0.25, 0.3) is 10.9 Å². The van der Waals surface area contributed by atoms with Crippen LogP contribution in [0, 0.1) is 11.8 Å². The molecule has 3 unspecified atom stereocenters. The number of H-pyrrole nitrogens is 1. The molecule has 5 aromatic rings. The van der Waals surface area contributed by atoms with Gasteiger partial charge in [0.1, 0.15) is 30.3 Å². The molecule has 4 aliphatic rings. The van der Waals surface area contributed by atoms with Gasteiger partial charge in [0.15, 0.2) is 0 Å². The number of esters is 1. The number of nitrogens with one attached hydrogen (secondary N) is 4. The molecule has 4 fully saturated rings. The molecule has 4 atom stereocenters. The molecule has 14 nitrogen and oxygen atoms in total.